The van der Waals surface area contributed by atoms with Crippen molar-refractivity contribution < 1.29 is 19.1 Å². The summed E-state index contributed by atoms with van der Waals surface area (Å²) in [6.45, 7) is 5.14. The van der Waals surface area contributed by atoms with Gasteiger partial charge in [0.2, 0.25) is 0 Å². The molecule has 0 aromatic rings. The lowest BCUT2D eigenvalue weighted by Gasteiger charge is -2.03. The number of esters is 2. The molecular weight excluding hydrogens is 172 g/mol. The van der Waals surface area contributed by atoms with Crippen molar-refractivity contribution in [2.24, 2.45) is 0 Å². The molecule has 4 nitrogen and oxygen atoms in total. The van der Waals surface area contributed by atoms with Crippen molar-refractivity contribution in [3.63, 3.8) is 0 Å². The molecule has 0 heterocycles. The second kappa shape index (κ2) is 5.13. The van der Waals surface area contributed by atoms with E-state index in [2.05, 4.69) is 16.1 Å². The molecule has 0 saturated heterocycles. The van der Waals surface area contributed by atoms with Gasteiger partial charge < -0.3 is 9.47 Å². The van der Waals surface area contributed by atoms with Gasteiger partial charge in [0.1, 0.15) is 0 Å². The van der Waals surface area contributed by atoms with Crippen LogP contribution in [0.5, 0.6) is 0 Å². The molecule has 4 heteroatoms. The molecule has 0 amide bonds. The molecule has 0 rings (SSSR count). The summed E-state index contributed by atoms with van der Waals surface area (Å²) in [4.78, 5) is 21.8. The molecule has 0 N–H and O–H groups in total. The maximum Gasteiger partial charge on any atom is 0.338 e. The molecule has 0 unspecified atom stereocenters. The highest BCUT2D eigenvalue weighted by atomic mass is 16.5. The fourth-order valence-electron chi connectivity index (χ4n) is 0.643. The maximum absolute atomic E-state index is 11.0. The van der Waals surface area contributed by atoms with E-state index in [-0.39, 0.29) is 5.57 Å². The minimum Gasteiger partial charge on any atom is -0.466 e. The van der Waals surface area contributed by atoms with Gasteiger partial charge in [-0.3, -0.25) is 0 Å². The van der Waals surface area contributed by atoms with Crippen molar-refractivity contribution >= 4 is 11.9 Å². The monoisotopic (exact) mass is 184 g/mol. The smallest absolute Gasteiger partial charge is 0.338 e. The van der Waals surface area contributed by atoms with Crippen LogP contribution in [0.25, 0.3) is 0 Å². The Kier molecular flexibility index (Phi) is 4.51. The van der Waals surface area contributed by atoms with E-state index in [1.165, 1.54) is 14.2 Å². The van der Waals surface area contributed by atoms with E-state index >= 15 is 0 Å². The molecule has 0 radical (unpaired) electrons. The Morgan fingerprint density at radius 2 is 1.77 bits per heavy atom. The predicted octanol–water partition coefficient (Wildman–Crippen LogP) is 0.835. The number of carbonyl (C=O) groups excluding carboxylic acids is 2. The molecule has 0 aliphatic carbocycles. The Bertz CT molecular complexity index is 263. The largest absolute Gasteiger partial charge is 0.466 e. The normalized spacial score (nSPS) is 10.5. The minimum absolute atomic E-state index is 0.120. The molecule has 0 spiro atoms. The van der Waals surface area contributed by atoms with Gasteiger partial charge in [-0.25, -0.2) is 9.59 Å². The zero-order valence-electron chi connectivity index (χ0n) is 7.92. The van der Waals surface area contributed by atoms with E-state index < -0.39 is 11.9 Å². The van der Waals surface area contributed by atoms with Crippen LogP contribution in [0, 0.1) is 0 Å². The van der Waals surface area contributed by atoms with Crippen LogP contribution < -0.4 is 0 Å². The highest BCUT2D eigenvalue weighted by molar-refractivity contribution is 5.99. The van der Waals surface area contributed by atoms with Crippen molar-refractivity contribution in [3.05, 3.63) is 23.8 Å². The van der Waals surface area contributed by atoms with Gasteiger partial charge in [-0.2, -0.15) is 0 Å². The van der Waals surface area contributed by atoms with Crippen LogP contribution in [0.2, 0.25) is 0 Å². The lowest BCUT2D eigenvalue weighted by Crippen LogP contribution is -2.08. The van der Waals surface area contributed by atoms with Gasteiger partial charge in [-0.1, -0.05) is 6.58 Å². The van der Waals surface area contributed by atoms with Crippen LogP contribution in [-0.4, -0.2) is 26.2 Å². The Morgan fingerprint density at radius 1 is 1.23 bits per heavy atom. The first-order chi connectivity index (χ1) is 6.02. The third-order valence-corrected chi connectivity index (χ3v) is 1.33. The zero-order valence-corrected chi connectivity index (χ0v) is 7.92. The second-order valence-electron chi connectivity index (χ2n) is 2.35. The van der Waals surface area contributed by atoms with Crippen LogP contribution in [0.3, 0.4) is 0 Å². The lowest BCUT2D eigenvalue weighted by atomic mass is 10.1. The third kappa shape index (κ3) is 3.55. The van der Waals surface area contributed by atoms with E-state index in [1.54, 1.807) is 6.92 Å². The average molecular weight is 184 g/mol. The average Bonchev–Trinajstić information content (AvgIpc) is 2.11. The summed E-state index contributed by atoms with van der Waals surface area (Å²) in [6, 6.07) is 0. The van der Waals surface area contributed by atoms with Gasteiger partial charge in [-0.05, 0) is 12.5 Å². The van der Waals surface area contributed by atoms with Crippen LogP contribution >= 0.6 is 0 Å². The van der Waals surface area contributed by atoms with E-state index in [4.69, 9.17) is 0 Å². The molecule has 0 aromatic heterocycles. The van der Waals surface area contributed by atoms with Crippen molar-refractivity contribution in [3.8, 4) is 0 Å². The topological polar surface area (TPSA) is 52.6 Å². The molecule has 13 heavy (non-hydrogen) atoms. The van der Waals surface area contributed by atoms with Crippen LogP contribution in [-0.2, 0) is 19.1 Å². The number of rotatable bonds is 3. The van der Waals surface area contributed by atoms with Gasteiger partial charge in [0.15, 0.2) is 0 Å². The number of hydrogen-bond donors (Lipinski definition) is 0. The quantitative estimate of drug-likeness (QED) is 0.370. The Morgan fingerprint density at radius 3 is 2.08 bits per heavy atom. The van der Waals surface area contributed by atoms with Gasteiger partial charge in [0, 0.05) is 6.08 Å². The van der Waals surface area contributed by atoms with Gasteiger partial charge in [0.25, 0.3) is 0 Å². The molecule has 0 saturated carbocycles. The summed E-state index contributed by atoms with van der Waals surface area (Å²) >= 11 is 0. The number of ether oxygens (including phenoxy) is 2. The molecule has 0 aliphatic heterocycles. The lowest BCUT2D eigenvalue weighted by molar-refractivity contribution is -0.138. The SMILES string of the molecule is C=C(C)/C(=C/C(=O)OC)C(=O)OC. The van der Waals surface area contributed by atoms with Crippen molar-refractivity contribution in [1.29, 1.82) is 0 Å². The van der Waals surface area contributed by atoms with Crippen molar-refractivity contribution in [2.45, 2.75) is 6.92 Å². The Labute approximate surface area is 76.8 Å². The van der Waals surface area contributed by atoms with E-state index in [1.807, 2.05) is 0 Å². The summed E-state index contributed by atoms with van der Waals surface area (Å²) in [5.41, 5.74) is 0.576. The van der Waals surface area contributed by atoms with E-state index in [9.17, 15) is 9.59 Å². The fourth-order valence-corrected chi connectivity index (χ4v) is 0.643. The highest BCUT2D eigenvalue weighted by Crippen LogP contribution is 2.08. The zero-order chi connectivity index (χ0) is 10.4. The Hall–Kier alpha value is -1.58. The van der Waals surface area contributed by atoms with Crippen molar-refractivity contribution in [1.82, 2.24) is 0 Å². The molecule has 0 aromatic carbocycles. The first-order valence-corrected chi connectivity index (χ1v) is 3.56. The summed E-state index contributed by atoms with van der Waals surface area (Å²) in [7, 11) is 2.46. The van der Waals surface area contributed by atoms with Crippen LogP contribution in [0.1, 0.15) is 6.92 Å². The summed E-state index contributed by atoms with van der Waals surface area (Å²) in [5, 5.41) is 0. The summed E-state index contributed by atoms with van der Waals surface area (Å²) < 4.78 is 8.80. The number of hydrogen-bond acceptors (Lipinski definition) is 4. The summed E-state index contributed by atoms with van der Waals surface area (Å²) in [6.07, 6.45) is 1.05. The first-order valence-electron chi connectivity index (χ1n) is 3.56. The third-order valence-electron chi connectivity index (χ3n) is 1.33. The summed E-state index contributed by atoms with van der Waals surface area (Å²) in [5.74, 6) is -1.21. The van der Waals surface area contributed by atoms with E-state index in [0.717, 1.165) is 6.08 Å². The standard InChI is InChI=1S/C9H12O4/c1-6(2)7(9(11)13-4)5-8(10)12-3/h5H,1H2,2-4H3/b7-5-. The molecule has 0 fully saturated rings. The van der Waals surface area contributed by atoms with Gasteiger partial charge in [-0.15, -0.1) is 0 Å². The van der Waals surface area contributed by atoms with E-state index in [0.29, 0.717) is 5.57 Å². The maximum atomic E-state index is 11.0. The molecule has 0 atom stereocenters. The first kappa shape index (κ1) is 11.4. The fraction of sp³-hybridized carbons (Fsp3) is 0.333. The van der Waals surface area contributed by atoms with Crippen LogP contribution in [0.15, 0.2) is 23.8 Å². The van der Waals surface area contributed by atoms with Gasteiger partial charge >= 0.3 is 11.9 Å². The number of methoxy groups -OCH3 is 2. The molecule has 72 valence electrons. The van der Waals surface area contributed by atoms with Crippen LogP contribution in [0.4, 0.5) is 0 Å². The highest BCUT2D eigenvalue weighted by Gasteiger charge is 2.12. The minimum atomic E-state index is -0.608. The van der Waals surface area contributed by atoms with Crippen molar-refractivity contribution in [2.75, 3.05) is 14.2 Å². The second-order valence-corrected chi connectivity index (χ2v) is 2.35. The molecule has 0 bridgehead atoms. The number of carbonyl (C=O) groups is 2. The molecular formula is C9H12O4. The molecule has 0 aliphatic rings. The predicted molar refractivity (Wildman–Crippen MR) is 46.9 cm³/mol. The Balaban J connectivity index is 4.81. The van der Waals surface area contributed by atoms with Gasteiger partial charge in [0.05, 0.1) is 19.8 Å².